The first kappa shape index (κ1) is 16.8. The first-order valence-electron chi connectivity index (χ1n) is 6.64. The molecule has 1 atom stereocenters. The molecule has 1 N–H and O–H groups in total. The minimum atomic E-state index is -0.525. The van der Waals surface area contributed by atoms with Gasteiger partial charge < -0.3 is 5.32 Å². The lowest BCUT2D eigenvalue weighted by Gasteiger charge is -2.19. The van der Waals surface area contributed by atoms with Gasteiger partial charge in [0.1, 0.15) is 11.6 Å². The summed E-state index contributed by atoms with van der Waals surface area (Å²) < 4.78 is 29.5. The van der Waals surface area contributed by atoms with Gasteiger partial charge in [-0.25, -0.2) is 8.78 Å². The van der Waals surface area contributed by atoms with Gasteiger partial charge in [0.2, 0.25) is 0 Å². The Hall–Kier alpha value is -0.530. The van der Waals surface area contributed by atoms with Crippen LogP contribution in [0, 0.1) is 15.2 Å². The minimum Gasteiger partial charge on any atom is -0.310 e. The van der Waals surface area contributed by atoms with Crippen molar-refractivity contribution in [2.24, 2.45) is 0 Å². The zero-order valence-electron chi connectivity index (χ0n) is 11.5. The van der Waals surface area contributed by atoms with E-state index < -0.39 is 11.6 Å². The highest BCUT2D eigenvalue weighted by Gasteiger charge is 2.18. The molecule has 0 saturated carbocycles. The van der Waals surface area contributed by atoms with Gasteiger partial charge in [-0.2, -0.15) is 0 Å². The summed E-state index contributed by atoms with van der Waals surface area (Å²) >= 11 is 5.35. The number of hydrogen-bond acceptors (Lipinski definition) is 1. The number of benzene rings is 2. The van der Waals surface area contributed by atoms with E-state index in [-0.39, 0.29) is 22.5 Å². The second-order valence-electron chi connectivity index (χ2n) is 4.69. The molecule has 0 aliphatic rings. The Labute approximate surface area is 145 Å². The first-order valence-corrected chi connectivity index (χ1v) is 8.51. The maximum Gasteiger partial charge on any atom is 0.143 e. The van der Waals surface area contributed by atoms with Gasteiger partial charge in [0.25, 0.3) is 0 Å². The Kier molecular flexibility index (Phi) is 6.13. The maximum atomic E-state index is 14.1. The van der Waals surface area contributed by atoms with Crippen LogP contribution >= 0.6 is 38.5 Å². The minimum absolute atomic E-state index is 0.105. The molecule has 0 amide bonds. The van der Waals surface area contributed by atoms with Crippen molar-refractivity contribution >= 4 is 38.5 Å². The summed E-state index contributed by atoms with van der Waals surface area (Å²) in [5.41, 5.74) is 1.13. The van der Waals surface area contributed by atoms with E-state index in [1.54, 1.807) is 0 Å². The number of hydrogen-bond donors (Lipinski definition) is 1. The molecule has 0 aliphatic heterocycles. The molecule has 0 spiro atoms. The molecule has 0 aromatic heterocycles. The lowest BCUT2D eigenvalue weighted by molar-refractivity contribution is 0.497. The summed E-state index contributed by atoms with van der Waals surface area (Å²) in [4.78, 5) is 0. The van der Waals surface area contributed by atoms with E-state index in [2.05, 4.69) is 43.8 Å². The van der Waals surface area contributed by atoms with E-state index in [0.29, 0.717) is 0 Å². The summed E-state index contributed by atoms with van der Waals surface area (Å²) in [6, 6.07) is 10.5. The Balaban J connectivity index is 2.32. The van der Waals surface area contributed by atoms with Gasteiger partial charge in [0.15, 0.2) is 0 Å². The molecule has 0 fully saturated rings. The maximum absolute atomic E-state index is 14.1. The van der Waals surface area contributed by atoms with Crippen LogP contribution in [0.25, 0.3) is 0 Å². The standard InChI is InChI=1S/C16H15BrF2IN/c1-2-21-15(10-3-5-11(20)6-4-10)9-12-14(18)8-7-13(17)16(12)19/h3-8,15,21H,2,9H2,1H3. The van der Waals surface area contributed by atoms with Crippen LogP contribution in [0.4, 0.5) is 8.78 Å². The third-order valence-corrected chi connectivity index (χ3v) is 4.60. The largest absolute Gasteiger partial charge is 0.310 e. The molecular weight excluding hydrogens is 451 g/mol. The van der Waals surface area contributed by atoms with Crippen LogP contribution in [-0.4, -0.2) is 6.54 Å². The zero-order chi connectivity index (χ0) is 15.4. The molecule has 0 bridgehead atoms. The molecule has 1 unspecified atom stereocenters. The summed E-state index contributed by atoms with van der Waals surface area (Å²) in [5, 5.41) is 3.29. The second-order valence-corrected chi connectivity index (χ2v) is 6.79. The number of halogens is 4. The molecule has 1 nitrogen and oxygen atoms in total. The molecule has 2 aromatic carbocycles. The van der Waals surface area contributed by atoms with E-state index in [9.17, 15) is 8.78 Å². The normalized spacial score (nSPS) is 12.4. The fraction of sp³-hybridized carbons (Fsp3) is 0.250. The van der Waals surface area contributed by atoms with Crippen molar-refractivity contribution < 1.29 is 8.78 Å². The van der Waals surface area contributed by atoms with Gasteiger partial charge in [0.05, 0.1) is 4.47 Å². The highest BCUT2D eigenvalue weighted by atomic mass is 127. The van der Waals surface area contributed by atoms with Crippen molar-refractivity contribution in [3.05, 3.63) is 67.2 Å². The second kappa shape index (κ2) is 7.65. The zero-order valence-corrected chi connectivity index (χ0v) is 15.2. The van der Waals surface area contributed by atoms with Gasteiger partial charge in [-0.1, -0.05) is 19.1 Å². The van der Waals surface area contributed by atoms with Crippen LogP contribution in [0.2, 0.25) is 0 Å². The SMILES string of the molecule is CCNC(Cc1c(F)ccc(Br)c1F)c1ccc(I)cc1. The van der Waals surface area contributed by atoms with Gasteiger partial charge in [-0.05, 0) is 81.3 Å². The van der Waals surface area contributed by atoms with Gasteiger partial charge in [-0.3, -0.25) is 0 Å². The molecule has 5 heteroatoms. The van der Waals surface area contributed by atoms with Crippen LogP contribution in [0.3, 0.4) is 0 Å². The van der Waals surface area contributed by atoms with E-state index in [1.165, 1.54) is 12.1 Å². The smallest absolute Gasteiger partial charge is 0.143 e. The molecule has 0 heterocycles. The third kappa shape index (κ3) is 4.23. The third-order valence-electron chi connectivity index (χ3n) is 3.27. The van der Waals surface area contributed by atoms with Crippen molar-refractivity contribution in [3.63, 3.8) is 0 Å². The van der Waals surface area contributed by atoms with Crippen LogP contribution in [-0.2, 0) is 6.42 Å². The molecular formula is C16H15BrF2IN. The van der Waals surface area contributed by atoms with Crippen molar-refractivity contribution in [2.45, 2.75) is 19.4 Å². The Bertz CT molecular complexity index is 616. The van der Waals surface area contributed by atoms with E-state index >= 15 is 0 Å². The molecule has 0 radical (unpaired) electrons. The van der Waals surface area contributed by atoms with Crippen molar-refractivity contribution in [2.75, 3.05) is 6.54 Å². The van der Waals surface area contributed by atoms with Crippen LogP contribution in [0.15, 0.2) is 40.9 Å². The lowest BCUT2D eigenvalue weighted by Crippen LogP contribution is -2.24. The molecule has 0 saturated heterocycles. The van der Waals surface area contributed by atoms with Crippen LogP contribution < -0.4 is 5.32 Å². The molecule has 2 aromatic rings. The first-order chi connectivity index (χ1) is 10.0. The molecule has 2 rings (SSSR count). The predicted octanol–water partition coefficient (Wildman–Crippen LogP) is 5.23. The van der Waals surface area contributed by atoms with Crippen molar-refractivity contribution in [1.29, 1.82) is 0 Å². The van der Waals surface area contributed by atoms with E-state index in [1.807, 2.05) is 31.2 Å². The molecule has 21 heavy (non-hydrogen) atoms. The number of rotatable bonds is 5. The monoisotopic (exact) mass is 465 g/mol. The highest BCUT2D eigenvalue weighted by molar-refractivity contribution is 14.1. The Morgan fingerprint density at radius 2 is 1.81 bits per heavy atom. The topological polar surface area (TPSA) is 12.0 Å². The summed E-state index contributed by atoms with van der Waals surface area (Å²) in [6.07, 6.45) is 0.269. The lowest BCUT2D eigenvalue weighted by atomic mass is 9.98. The Morgan fingerprint density at radius 3 is 2.43 bits per heavy atom. The summed E-state index contributed by atoms with van der Waals surface area (Å²) in [7, 11) is 0. The summed E-state index contributed by atoms with van der Waals surface area (Å²) in [6.45, 7) is 2.71. The average Bonchev–Trinajstić information content (AvgIpc) is 2.47. The fourth-order valence-electron chi connectivity index (χ4n) is 2.21. The van der Waals surface area contributed by atoms with Gasteiger partial charge >= 0.3 is 0 Å². The van der Waals surface area contributed by atoms with Crippen molar-refractivity contribution in [3.8, 4) is 0 Å². The van der Waals surface area contributed by atoms with Crippen LogP contribution in [0.5, 0.6) is 0 Å². The quantitative estimate of drug-likeness (QED) is 0.471. The van der Waals surface area contributed by atoms with Crippen molar-refractivity contribution in [1.82, 2.24) is 5.32 Å². The van der Waals surface area contributed by atoms with Gasteiger partial charge in [0, 0.05) is 15.2 Å². The van der Waals surface area contributed by atoms with E-state index in [0.717, 1.165) is 15.7 Å². The van der Waals surface area contributed by atoms with Gasteiger partial charge in [-0.15, -0.1) is 0 Å². The highest BCUT2D eigenvalue weighted by Crippen LogP contribution is 2.27. The number of nitrogens with one attached hydrogen (secondary N) is 1. The average molecular weight is 466 g/mol. The van der Waals surface area contributed by atoms with E-state index in [4.69, 9.17) is 0 Å². The fourth-order valence-corrected chi connectivity index (χ4v) is 2.94. The summed E-state index contributed by atoms with van der Waals surface area (Å²) in [5.74, 6) is -1.03. The van der Waals surface area contributed by atoms with Crippen LogP contribution in [0.1, 0.15) is 24.1 Å². The molecule has 0 aliphatic carbocycles. The number of likely N-dealkylation sites (N-methyl/N-ethyl adjacent to an activating group) is 1. The predicted molar refractivity (Wildman–Crippen MR) is 93.3 cm³/mol. The molecule has 112 valence electrons. The Morgan fingerprint density at radius 1 is 1.14 bits per heavy atom.